The van der Waals surface area contributed by atoms with Crippen LogP contribution in [0, 0.1) is 0 Å². The van der Waals surface area contributed by atoms with Crippen molar-refractivity contribution < 1.29 is 23.9 Å². The number of hydrogen-bond acceptors (Lipinski definition) is 7. The SMILES string of the molecule is CN(Cc1ccc(N2C[C@H](CNC(=O)c3ccc(Cl)s3)OC2=O)s1)C(=O)OC(C)(C)C. The van der Waals surface area contributed by atoms with Crippen LogP contribution in [0.2, 0.25) is 4.34 Å². The number of halogens is 1. The summed E-state index contributed by atoms with van der Waals surface area (Å²) in [6.45, 7) is 6.34. The standard InChI is InChI=1S/C20H24ClN3O5S2/c1-20(2,3)29-18(26)23(4)11-13-5-8-16(30-13)24-10-12(28-19(24)27)9-22-17(25)14-6-7-15(21)31-14/h5-8,12H,9-11H2,1-4H3,(H,22,25)/t12-/m0/s1. The van der Waals surface area contributed by atoms with E-state index in [1.165, 1.54) is 32.5 Å². The molecule has 0 unspecified atom stereocenters. The van der Waals surface area contributed by atoms with Crippen LogP contribution in [-0.2, 0) is 16.0 Å². The van der Waals surface area contributed by atoms with Crippen LogP contribution in [0.5, 0.6) is 0 Å². The summed E-state index contributed by atoms with van der Waals surface area (Å²) in [7, 11) is 1.66. The minimum atomic E-state index is -0.564. The lowest BCUT2D eigenvalue weighted by Crippen LogP contribution is -2.34. The molecule has 11 heteroatoms. The van der Waals surface area contributed by atoms with Gasteiger partial charge in [0.2, 0.25) is 0 Å². The molecule has 0 saturated carbocycles. The van der Waals surface area contributed by atoms with Gasteiger partial charge in [0.05, 0.1) is 28.8 Å². The molecule has 0 spiro atoms. The van der Waals surface area contributed by atoms with Crippen LogP contribution >= 0.6 is 34.3 Å². The van der Waals surface area contributed by atoms with Crippen molar-refractivity contribution in [2.45, 2.75) is 39.0 Å². The highest BCUT2D eigenvalue weighted by atomic mass is 35.5. The van der Waals surface area contributed by atoms with Gasteiger partial charge in [0.15, 0.2) is 0 Å². The molecular weight excluding hydrogens is 462 g/mol. The number of carbonyl (C=O) groups excluding carboxylic acids is 3. The van der Waals surface area contributed by atoms with E-state index in [-0.39, 0.29) is 12.5 Å². The zero-order chi connectivity index (χ0) is 22.8. The van der Waals surface area contributed by atoms with Crippen LogP contribution < -0.4 is 10.2 Å². The molecule has 31 heavy (non-hydrogen) atoms. The summed E-state index contributed by atoms with van der Waals surface area (Å²) in [6.07, 6.45) is -1.33. The number of anilines is 1. The van der Waals surface area contributed by atoms with Crippen molar-refractivity contribution in [2.24, 2.45) is 0 Å². The van der Waals surface area contributed by atoms with Gasteiger partial charge in [0, 0.05) is 11.9 Å². The average molecular weight is 486 g/mol. The van der Waals surface area contributed by atoms with Crippen molar-refractivity contribution in [3.05, 3.63) is 38.4 Å². The number of thiophene rings is 2. The lowest BCUT2D eigenvalue weighted by molar-refractivity contribution is 0.0286. The zero-order valence-electron chi connectivity index (χ0n) is 17.6. The van der Waals surface area contributed by atoms with Crippen molar-refractivity contribution in [1.82, 2.24) is 10.2 Å². The van der Waals surface area contributed by atoms with E-state index in [4.69, 9.17) is 21.1 Å². The maximum Gasteiger partial charge on any atom is 0.415 e. The third-order valence-corrected chi connectivity index (χ3v) is 6.50. The van der Waals surface area contributed by atoms with E-state index in [2.05, 4.69) is 5.32 Å². The summed E-state index contributed by atoms with van der Waals surface area (Å²) in [5.74, 6) is -0.255. The van der Waals surface area contributed by atoms with Gasteiger partial charge in [0.25, 0.3) is 5.91 Å². The molecule has 168 valence electrons. The van der Waals surface area contributed by atoms with Crippen LogP contribution in [0.3, 0.4) is 0 Å². The molecule has 1 aliphatic heterocycles. The number of nitrogens with one attached hydrogen (secondary N) is 1. The van der Waals surface area contributed by atoms with Gasteiger partial charge in [-0.2, -0.15) is 0 Å². The summed E-state index contributed by atoms with van der Waals surface area (Å²) in [6, 6.07) is 6.99. The Kier molecular flexibility index (Phi) is 7.13. The van der Waals surface area contributed by atoms with Crippen molar-refractivity contribution in [1.29, 1.82) is 0 Å². The number of carbonyl (C=O) groups is 3. The van der Waals surface area contributed by atoms with E-state index in [0.29, 0.717) is 22.3 Å². The molecule has 1 fully saturated rings. The number of nitrogens with zero attached hydrogens (tertiary/aromatic N) is 2. The van der Waals surface area contributed by atoms with Crippen LogP contribution in [0.1, 0.15) is 35.3 Å². The highest BCUT2D eigenvalue weighted by molar-refractivity contribution is 7.18. The Morgan fingerprint density at radius 3 is 2.68 bits per heavy atom. The number of ether oxygens (including phenoxy) is 2. The Balaban J connectivity index is 1.53. The third-order valence-electron chi connectivity index (χ3n) is 4.17. The van der Waals surface area contributed by atoms with E-state index >= 15 is 0 Å². The van der Waals surface area contributed by atoms with E-state index in [1.807, 2.05) is 32.9 Å². The Bertz CT molecular complexity index is 968. The van der Waals surface area contributed by atoms with Gasteiger partial charge in [-0.25, -0.2) is 9.59 Å². The molecular formula is C20H24ClN3O5S2. The first kappa shape index (κ1) is 23.4. The van der Waals surface area contributed by atoms with Gasteiger partial charge in [-0.15, -0.1) is 22.7 Å². The fourth-order valence-corrected chi connectivity index (χ4v) is 4.79. The molecule has 3 rings (SSSR count). The van der Waals surface area contributed by atoms with E-state index in [1.54, 1.807) is 19.2 Å². The highest BCUT2D eigenvalue weighted by Crippen LogP contribution is 2.30. The second-order valence-corrected chi connectivity index (χ2v) is 10.9. The first-order valence-corrected chi connectivity index (χ1v) is 11.6. The first-order chi connectivity index (χ1) is 14.5. The molecule has 0 aliphatic carbocycles. The Morgan fingerprint density at radius 2 is 2.03 bits per heavy atom. The number of amides is 3. The van der Waals surface area contributed by atoms with E-state index < -0.39 is 23.9 Å². The lowest BCUT2D eigenvalue weighted by atomic mass is 10.2. The van der Waals surface area contributed by atoms with Gasteiger partial charge in [0.1, 0.15) is 16.7 Å². The van der Waals surface area contributed by atoms with Crippen molar-refractivity contribution >= 4 is 57.4 Å². The van der Waals surface area contributed by atoms with E-state index in [0.717, 1.165) is 9.88 Å². The second-order valence-electron chi connectivity index (χ2n) is 8.01. The fourth-order valence-electron chi connectivity index (χ4n) is 2.77. The molecule has 3 amide bonds. The van der Waals surface area contributed by atoms with Gasteiger partial charge in [-0.3, -0.25) is 9.69 Å². The molecule has 1 aliphatic rings. The molecule has 0 radical (unpaired) electrons. The summed E-state index contributed by atoms with van der Waals surface area (Å²) in [5.41, 5.74) is -0.564. The predicted molar refractivity (Wildman–Crippen MR) is 121 cm³/mol. The zero-order valence-corrected chi connectivity index (χ0v) is 20.0. The van der Waals surface area contributed by atoms with Crippen LogP contribution in [-0.4, -0.2) is 54.8 Å². The fraction of sp³-hybridized carbons (Fsp3) is 0.450. The Labute approximate surface area is 193 Å². The number of rotatable bonds is 6. The maximum absolute atomic E-state index is 12.3. The largest absolute Gasteiger partial charge is 0.444 e. The van der Waals surface area contributed by atoms with Crippen LogP contribution in [0.15, 0.2) is 24.3 Å². The second kappa shape index (κ2) is 9.46. The minimum Gasteiger partial charge on any atom is -0.444 e. The van der Waals surface area contributed by atoms with Crippen LogP contribution in [0.25, 0.3) is 0 Å². The minimum absolute atomic E-state index is 0.205. The van der Waals surface area contributed by atoms with Crippen LogP contribution in [0.4, 0.5) is 14.6 Å². The van der Waals surface area contributed by atoms with Gasteiger partial charge >= 0.3 is 12.2 Å². The normalized spacial score (nSPS) is 16.2. The smallest absolute Gasteiger partial charge is 0.415 e. The number of hydrogen-bond donors (Lipinski definition) is 1. The molecule has 1 saturated heterocycles. The summed E-state index contributed by atoms with van der Waals surface area (Å²) >= 11 is 8.44. The maximum atomic E-state index is 12.3. The van der Waals surface area contributed by atoms with Crippen molar-refractivity contribution in [3.8, 4) is 0 Å². The molecule has 8 nitrogen and oxygen atoms in total. The van der Waals surface area contributed by atoms with Gasteiger partial charge in [-0.05, 0) is 45.0 Å². The summed E-state index contributed by atoms with van der Waals surface area (Å²) < 4.78 is 11.3. The first-order valence-electron chi connectivity index (χ1n) is 9.56. The highest BCUT2D eigenvalue weighted by Gasteiger charge is 2.33. The van der Waals surface area contributed by atoms with Crippen molar-refractivity contribution in [3.63, 3.8) is 0 Å². The topological polar surface area (TPSA) is 88.2 Å². The average Bonchev–Trinajstić information content (AvgIpc) is 3.38. The molecule has 2 aromatic heterocycles. The monoisotopic (exact) mass is 485 g/mol. The molecule has 1 atom stereocenters. The predicted octanol–water partition coefficient (Wildman–Crippen LogP) is 4.59. The Hall–Kier alpha value is -2.30. The molecule has 0 aromatic carbocycles. The quantitative estimate of drug-likeness (QED) is 0.646. The summed E-state index contributed by atoms with van der Waals surface area (Å²) in [5, 5.41) is 3.48. The summed E-state index contributed by atoms with van der Waals surface area (Å²) in [4.78, 5) is 41.0. The number of cyclic esters (lactones) is 1. The third kappa shape index (κ3) is 6.34. The molecule has 2 aromatic rings. The van der Waals surface area contributed by atoms with Gasteiger partial charge in [-0.1, -0.05) is 11.6 Å². The van der Waals surface area contributed by atoms with Gasteiger partial charge < -0.3 is 19.7 Å². The molecule has 3 heterocycles. The lowest BCUT2D eigenvalue weighted by Gasteiger charge is -2.24. The van der Waals surface area contributed by atoms with E-state index in [9.17, 15) is 14.4 Å². The molecule has 1 N–H and O–H groups in total. The van der Waals surface area contributed by atoms with Crippen molar-refractivity contribution in [2.75, 3.05) is 25.0 Å². The Morgan fingerprint density at radius 1 is 1.29 bits per heavy atom. The molecule has 0 bridgehead atoms.